The Morgan fingerprint density at radius 1 is 1.39 bits per heavy atom. The van der Waals surface area contributed by atoms with E-state index in [0.29, 0.717) is 17.1 Å². The van der Waals surface area contributed by atoms with Crippen molar-refractivity contribution in [3.05, 3.63) is 27.2 Å². The number of nitrogens with one attached hydrogen (secondary N) is 1. The standard InChI is InChI=1S/C12H16N4O2/c1-15-10-9(11(17)14-12(15)18)16(7-13-10)6-8-4-2-3-5-8/h7-8H,2-6H2,1H3,(H,14,17,18). The van der Waals surface area contributed by atoms with Gasteiger partial charge in [0, 0.05) is 13.6 Å². The van der Waals surface area contributed by atoms with Gasteiger partial charge in [-0.3, -0.25) is 14.3 Å². The van der Waals surface area contributed by atoms with Gasteiger partial charge in [-0.2, -0.15) is 0 Å². The van der Waals surface area contributed by atoms with E-state index in [0.717, 1.165) is 6.54 Å². The number of hydrogen-bond donors (Lipinski definition) is 1. The lowest BCUT2D eigenvalue weighted by atomic mass is 10.1. The molecule has 0 unspecified atom stereocenters. The minimum absolute atomic E-state index is 0.344. The van der Waals surface area contributed by atoms with Gasteiger partial charge in [0.15, 0.2) is 11.2 Å². The van der Waals surface area contributed by atoms with Gasteiger partial charge in [0.2, 0.25) is 0 Å². The lowest BCUT2D eigenvalue weighted by Gasteiger charge is -2.10. The lowest BCUT2D eigenvalue weighted by molar-refractivity contribution is 0.463. The summed E-state index contributed by atoms with van der Waals surface area (Å²) in [6.45, 7) is 0.817. The van der Waals surface area contributed by atoms with E-state index in [2.05, 4.69) is 9.97 Å². The van der Waals surface area contributed by atoms with Crippen molar-refractivity contribution in [2.24, 2.45) is 13.0 Å². The summed E-state index contributed by atoms with van der Waals surface area (Å²) in [6.07, 6.45) is 6.63. The molecule has 3 rings (SSSR count). The third kappa shape index (κ3) is 1.68. The predicted octanol–water partition coefficient (Wildman–Crippen LogP) is 0.613. The summed E-state index contributed by atoms with van der Waals surface area (Å²) in [7, 11) is 1.62. The average molecular weight is 248 g/mol. The van der Waals surface area contributed by atoms with Crippen molar-refractivity contribution in [1.82, 2.24) is 19.1 Å². The molecule has 0 aromatic carbocycles. The van der Waals surface area contributed by atoms with E-state index >= 15 is 0 Å². The van der Waals surface area contributed by atoms with Gasteiger partial charge in [0.1, 0.15) is 0 Å². The molecule has 2 aromatic rings. The molecule has 6 nitrogen and oxygen atoms in total. The highest BCUT2D eigenvalue weighted by Gasteiger charge is 2.18. The summed E-state index contributed by atoms with van der Waals surface area (Å²) in [5, 5.41) is 0. The second-order valence-electron chi connectivity index (χ2n) is 5.04. The molecule has 0 amide bonds. The first-order valence-electron chi connectivity index (χ1n) is 6.31. The molecule has 1 fully saturated rings. The van der Waals surface area contributed by atoms with Gasteiger partial charge < -0.3 is 4.57 Å². The Labute approximate surface area is 103 Å². The number of aromatic amines is 1. The molecule has 18 heavy (non-hydrogen) atoms. The third-order valence-electron chi connectivity index (χ3n) is 3.81. The summed E-state index contributed by atoms with van der Waals surface area (Å²) in [5.74, 6) is 0.624. The normalized spacial score (nSPS) is 16.7. The Morgan fingerprint density at radius 3 is 2.83 bits per heavy atom. The zero-order chi connectivity index (χ0) is 12.7. The number of imidazole rings is 1. The Bertz CT molecular complexity index is 688. The topological polar surface area (TPSA) is 72.7 Å². The van der Waals surface area contributed by atoms with Crippen molar-refractivity contribution >= 4 is 11.2 Å². The maximum atomic E-state index is 11.9. The van der Waals surface area contributed by atoms with Crippen LogP contribution in [0.15, 0.2) is 15.9 Å². The van der Waals surface area contributed by atoms with Gasteiger partial charge >= 0.3 is 5.69 Å². The fourth-order valence-electron chi connectivity index (χ4n) is 2.80. The quantitative estimate of drug-likeness (QED) is 0.846. The molecule has 96 valence electrons. The molecule has 0 saturated heterocycles. The fourth-order valence-corrected chi connectivity index (χ4v) is 2.80. The van der Waals surface area contributed by atoms with Crippen molar-refractivity contribution in [3.8, 4) is 0 Å². The molecule has 1 aliphatic rings. The number of aryl methyl sites for hydroxylation is 1. The van der Waals surface area contributed by atoms with Crippen LogP contribution in [0.4, 0.5) is 0 Å². The van der Waals surface area contributed by atoms with E-state index in [1.54, 1.807) is 13.4 Å². The van der Waals surface area contributed by atoms with Crippen LogP contribution in [0.1, 0.15) is 25.7 Å². The monoisotopic (exact) mass is 248 g/mol. The number of hydrogen-bond acceptors (Lipinski definition) is 3. The van der Waals surface area contributed by atoms with Crippen LogP contribution in [0.2, 0.25) is 0 Å². The van der Waals surface area contributed by atoms with Crippen LogP contribution in [0, 0.1) is 5.92 Å². The number of H-pyrrole nitrogens is 1. The van der Waals surface area contributed by atoms with Crippen molar-refractivity contribution in [1.29, 1.82) is 0 Å². The minimum atomic E-state index is -0.418. The average Bonchev–Trinajstić information content (AvgIpc) is 2.96. The van der Waals surface area contributed by atoms with E-state index in [4.69, 9.17) is 0 Å². The maximum absolute atomic E-state index is 11.9. The van der Waals surface area contributed by atoms with Crippen LogP contribution in [-0.4, -0.2) is 19.1 Å². The highest BCUT2D eigenvalue weighted by molar-refractivity contribution is 5.69. The second-order valence-corrected chi connectivity index (χ2v) is 5.04. The first-order valence-corrected chi connectivity index (χ1v) is 6.31. The Hall–Kier alpha value is -1.85. The highest BCUT2D eigenvalue weighted by atomic mass is 16.2. The van der Waals surface area contributed by atoms with E-state index in [1.807, 2.05) is 4.57 Å². The van der Waals surface area contributed by atoms with Crippen LogP contribution in [-0.2, 0) is 13.6 Å². The number of nitrogens with zero attached hydrogens (tertiary/aromatic N) is 3. The van der Waals surface area contributed by atoms with Crippen molar-refractivity contribution < 1.29 is 0 Å². The predicted molar refractivity (Wildman–Crippen MR) is 67.6 cm³/mol. The van der Waals surface area contributed by atoms with Crippen LogP contribution in [0.5, 0.6) is 0 Å². The largest absolute Gasteiger partial charge is 0.329 e. The van der Waals surface area contributed by atoms with Crippen molar-refractivity contribution in [2.75, 3.05) is 0 Å². The number of aromatic nitrogens is 4. The fraction of sp³-hybridized carbons (Fsp3) is 0.583. The molecule has 1 aliphatic carbocycles. The minimum Gasteiger partial charge on any atom is -0.324 e. The third-order valence-corrected chi connectivity index (χ3v) is 3.81. The van der Waals surface area contributed by atoms with Gasteiger partial charge in [0.25, 0.3) is 5.56 Å². The Morgan fingerprint density at radius 2 is 2.11 bits per heavy atom. The summed E-state index contributed by atoms with van der Waals surface area (Å²) < 4.78 is 3.26. The Kier molecular flexibility index (Phi) is 2.57. The van der Waals surface area contributed by atoms with E-state index in [9.17, 15) is 9.59 Å². The molecule has 1 N–H and O–H groups in total. The number of fused-ring (bicyclic) bond motifs is 1. The molecule has 0 radical (unpaired) electrons. The Balaban J connectivity index is 2.11. The van der Waals surface area contributed by atoms with Gasteiger partial charge in [-0.1, -0.05) is 12.8 Å². The highest BCUT2D eigenvalue weighted by Crippen LogP contribution is 2.26. The SMILES string of the molecule is Cn1c(=O)[nH]c(=O)c2c1ncn2CC1CCCC1. The summed E-state index contributed by atoms with van der Waals surface area (Å²) in [4.78, 5) is 29.9. The van der Waals surface area contributed by atoms with Crippen LogP contribution >= 0.6 is 0 Å². The summed E-state index contributed by atoms with van der Waals surface area (Å²) >= 11 is 0. The maximum Gasteiger partial charge on any atom is 0.329 e. The molecule has 0 bridgehead atoms. The van der Waals surface area contributed by atoms with Gasteiger partial charge in [0.05, 0.1) is 6.33 Å². The first kappa shape index (κ1) is 11.3. The van der Waals surface area contributed by atoms with Crippen LogP contribution in [0.3, 0.4) is 0 Å². The van der Waals surface area contributed by atoms with Crippen molar-refractivity contribution in [2.45, 2.75) is 32.2 Å². The number of rotatable bonds is 2. The second kappa shape index (κ2) is 4.12. The smallest absolute Gasteiger partial charge is 0.324 e. The van der Waals surface area contributed by atoms with E-state index < -0.39 is 5.69 Å². The summed E-state index contributed by atoms with van der Waals surface area (Å²) in [6, 6.07) is 0. The first-order chi connectivity index (χ1) is 8.66. The molecule has 0 aliphatic heterocycles. The molecular formula is C12H16N4O2. The molecular weight excluding hydrogens is 232 g/mol. The molecule has 1 saturated carbocycles. The van der Waals surface area contributed by atoms with E-state index in [1.165, 1.54) is 30.3 Å². The van der Waals surface area contributed by atoms with Crippen LogP contribution < -0.4 is 11.2 Å². The molecule has 2 aromatic heterocycles. The lowest BCUT2D eigenvalue weighted by Crippen LogP contribution is -2.29. The van der Waals surface area contributed by atoms with Gasteiger partial charge in [-0.15, -0.1) is 0 Å². The molecule has 0 atom stereocenters. The molecule has 0 spiro atoms. The van der Waals surface area contributed by atoms with Gasteiger partial charge in [-0.05, 0) is 18.8 Å². The van der Waals surface area contributed by atoms with E-state index in [-0.39, 0.29) is 5.56 Å². The summed E-state index contributed by atoms with van der Waals surface area (Å²) in [5.41, 5.74) is 0.202. The molecule has 6 heteroatoms. The van der Waals surface area contributed by atoms with Crippen LogP contribution in [0.25, 0.3) is 11.2 Å². The van der Waals surface area contributed by atoms with Gasteiger partial charge in [-0.25, -0.2) is 9.78 Å². The zero-order valence-electron chi connectivity index (χ0n) is 10.3. The molecule has 2 heterocycles. The van der Waals surface area contributed by atoms with Crippen molar-refractivity contribution in [3.63, 3.8) is 0 Å². The zero-order valence-corrected chi connectivity index (χ0v) is 10.3.